The molecule has 1 atom stereocenters. The highest BCUT2D eigenvalue weighted by Gasteiger charge is 2.19. The fraction of sp³-hybridized carbons (Fsp3) is 0.857. The van der Waals surface area contributed by atoms with Crippen LogP contribution in [0.2, 0.25) is 0 Å². The molecule has 0 amide bonds. The summed E-state index contributed by atoms with van der Waals surface area (Å²) >= 11 is 0. The molecule has 0 rings (SSSR count). The third-order valence-corrected chi connectivity index (χ3v) is 13.6. The lowest BCUT2D eigenvalue weighted by atomic mass is 10.0. The van der Waals surface area contributed by atoms with Gasteiger partial charge in [-0.1, -0.05) is 269 Å². The molecule has 0 radical (unpaired) electrons. The Labute approximate surface area is 429 Å². The Bertz CT molecular complexity index is 1160. The molecule has 0 spiro atoms. The largest absolute Gasteiger partial charge is 0.462 e. The lowest BCUT2D eigenvalue weighted by Crippen LogP contribution is -2.30. The van der Waals surface area contributed by atoms with Crippen molar-refractivity contribution >= 4 is 17.9 Å². The fourth-order valence-electron chi connectivity index (χ4n) is 9.00. The average molecular weight is 970 g/mol. The Morgan fingerprint density at radius 3 is 0.812 bits per heavy atom. The molecule has 0 aromatic heterocycles. The van der Waals surface area contributed by atoms with Crippen LogP contribution in [0, 0.1) is 0 Å². The summed E-state index contributed by atoms with van der Waals surface area (Å²) in [6.07, 6.45) is 70.5. The maximum atomic E-state index is 12.8. The molecule has 0 saturated carbocycles. The number of ether oxygens (including phenoxy) is 3. The molecule has 404 valence electrons. The fourth-order valence-corrected chi connectivity index (χ4v) is 9.00. The van der Waals surface area contributed by atoms with Gasteiger partial charge in [-0.3, -0.25) is 14.4 Å². The van der Waals surface area contributed by atoms with Crippen molar-refractivity contribution in [2.24, 2.45) is 0 Å². The van der Waals surface area contributed by atoms with Gasteiger partial charge in [-0.05, 0) is 77.0 Å². The molecule has 0 fully saturated rings. The second-order valence-corrected chi connectivity index (χ2v) is 20.6. The van der Waals surface area contributed by atoms with E-state index in [2.05, 4.69) is 57.2 Å². The van der Waals surface area contributed by atoms with Crippen LogP contribution in [0.5, 0.6) is 0 Å². The van der Waals surface area contributed by atoms with Crippen molar-refractivity contribution in [1.82, 2.24) is 0 Å². The van der Waals surface area contributed by atoms with Gasteiger partial charge in [0.2, 0.25) is 0 Å². The minimum absolute atomic E-state index is 0.0715. The van der Waals surface area contributed by atoms with E-state index in [4.69, 9.17) is 14.2 Å². The number of hydrogen-bond donors (Lipinski definition) is 0. The summed E-state index contributed by atoms with van der Waals surface area (Å²) in [5, 5.41) is 0. The van der Waals surface area contributed by atoms with Crippen LogP contribution in [0.1, 0.15) is 329 Å². The summed E-state index contributed by atoms with van der Waals surface area (Å²) in [6.45, 7) is 6.59. The molecule has 6 nitrogen and oxygen atoms in total. The zero-order chi connectivity index (χ0) is 50.0. The van der Waals surface area contributed by atoms with Crippen molar-refractivity contribution in [1.29, 1.82) is 0 Å². The Morgan fingerprint density at radius 2 is 0.522 bits per heavy atom. The van der Waals surface area contributed by atoms with E-state index in [0.717, 1.165) is 70.6 Å². The summed E-state index contributed by atoms with van der Waals surface area (Å²) in [6, 6.07) is 0. The first kappa shape index (κ1) is 66.6. The van der Waals surface area contributed by atoms with E-state index in [1.54, 1.807) is 0 Å². The summed E-state index contributed by atoms with van der Waals surface area (Å²) < 4.78 is 16.8. The average Bonchev–Trinajstić information content (AvgIpc) is 3.35. The number of carbonyl (C=O) groups excluding carboxylic acids is 3. The molecule has 0 aliphatic rings. The molecule has 0 N–H and O–H groups in total. The number of rotatable bonds is 56. The molecule has 0 aromatic carbocycles. The van der Waals surface area contributed by atoms with Crippen molar-refractivity contribution in [3.8, 4) is 0 Å². The molecular weight excluding hydrogens is 853 g/mol. The van der Waals surface area contributed by atoms with Gasteiger partial charge in [0.05, 0.1) is 0 Å². The van der Waals surface area contributed by atoms with E-state index in [1.807, 2.05) is 0 Å². The smallest absolute Gasteiger partial charge is 0.306 e. The van der Waals surface area contributed by atoms with Crippen LogP contribution in [0.25, 0.3) is 0 Å². The summed E-state index contributed by atoms with van der Waals surface area (Å²) in [4.78, 5) is 37.8. The van der Waals surface area contributed by atoms with Crippen LogP contribution in [0.3, 0.4) is 0 Å². The number of allylic oxidation sites excluding steroid dienone is 6. The second-order valence-electron chi connectivity index (χ2n) is 20.6. The van der Waals surface area contributed by atoms with E-state index in [9.17, 15) is 14.4 Å². The topological polar surface area (TPSA) is 78.9 Å². The quantitative estimate of drug-likeness (QED) is 0.0261. The lowest BCUT2D eigenvalue weighted by Gasteiger charge is -2.18. The minimum Gasteiger partial charge on any atom is -0.462 e. The highest BCUT2D eigenvalue weighted by molar-refractivity contribution is 5.71. The highest BCUT2D eigenvalue weighted by atomic mass is 16.6. The standard InChI is InChI=1S/C63H116O6/c1-4-7-10-13-16-18-20-22-24-25-26-27-28-29-30-31-32-33-34-35-36-37-38-39-40-42-43-45-47-50-53-56-62(65)68-59-60(58-67-61(64)55-52-49-15-12-9-6-3)69-63(66)57-54-51-48-46-44-41-23-21-19-17-14-11-8-5-2/h20-23,25-26,60H,4-19,24,27-59H2,1-3H3/b22-20-,23-21-,26-25-. The highest BCUT2D eigenvalue weighted by Crippen LogP contribution is 2.17. The predicted molar refractivity (Wildman–Crippen MR) is 298 cm³/mol. The van der Waals surface area contributed by atoms with Crippen molar-refractivity contribution in [3.63, 3.8) is 0 Å². The van der Waals surface area contributed by atoms with Crippen molar-refractivity contribution in [2.45, 2.75) is 335 Å². The van der Waals surface area contributed by atoms with Crippen LogP contribution >= 0.6 is 0 Å². The minimum atomic E-state index is -0.770. The van der Waals surface area contributed by atoms with Gasteiger partial charge in [-0.25, -0.2) is 0 Å². The van der Waals surface area contributed by atoms with Gasteiger partial charge in [0, 0.05) is 19.3 Å². The number of carbonyl (C=O) groups is 3. The lowest BCUT2D eigenvalue weighted by molar-refractivity contribution is -0.167. The zero-order valence-corrected chi connectivity index (χ0v) is 46.3. The van der Waals surface area contributed by atoms with Crippen molar-refractivity contribution in [3.05, 3.63) is 36.5 Å². The van der Waals surface area contributed by atoms with Crippen LogP contribution in [-0.4, -0.2) is 37.2 Å². The first-order valence-corrected chi connectivity index (χ1v) is 30.5. The molecule has 0 bridgehead atoms. The van der Waals surface area contributed by atoms with Crippen LogP contribution in [-0.2, 0) is 28.6 Å². The van der Waals surface area contributed by atoms with Gasteiger partial charge in [0.1, 0.15) is 13.2 Å². The summed E-state index contributed by atoms with van der Waals surface area (Å²) in [5.74, 6) is -0.874. The van der Waals surface area contributed by atoms with Gasteiger partial charge < -0.3 is 14.2 Å². The van der Waals surface area contributed by atoms with Gasteiger partial charge in [0.15, 0.2) is 6.10 Å². The van der Waals surface area contributed by atoms with Crippen LogP contribution < -0.4 is 0 Å². The number of hydrogen-bond acceptors (Lipinski definition) is 6. The molecule has 0 heterocycles. The monoisotopic (exact) mass is 969 g/mol. The molecule has 0 saturated heterocycles. The molecule has 0 aliphatic carbocycles. The Balaban J connectivity index is 3.95. The van der Waals surface area contributed by atoms with E-state index in [1.165, 1.54) is 218 Å². The Hall–Kier alpha value is -2.37. The number of esters is 3. The first-order valence-electron chi connectivity index (χ1n) is 30.5. The molecule has 6 heteroatoms. The molecule has 0 aromatic rings. The second kappa shape index (κ2) is 58.2. The van der Waals surface area contributed by atoms with Crippen molar-refractivity contribution < 1.29 is 28.6 Å². The van der Waals surface area contributed by atoms with Gasteiger partial charge in [0.25, 0.3) is 0 Å². The van der Waals surface area contributed by atoms with E-state index < -0.39 is 6.10 Å². The third-order valence-electron chi connectivity index (χ3n) is 13.6. The SMILES string of the molecule is CCCCCCC/C=C\C/C=C\CCCCCCCCCCCCCCCCCCCCCC(=O)OCC(COC(=O)CCCCCCCC)OC(=O)CCCCCCC/C=C\CCCCCCC. The summed E-state index contributed by atoms with van der Waals surface area (Å²) in [5.41, 5.74) is 0. The molecular formula is C63H116O6. The van der Waals surface area contributed by atoms with Gasteiger partial charge in [-0.15, -0.1) is 0 Å². The van der Waals surface area contributed by atoms with Gasteiger partial charge >= 0.3 is 17.9 Å². The van der Waals surface area contributed by atoms with E-state index >= 15 is 0 Å². The van der Waals surface area contributed by atoms with E-state index in [0.29, 0.717) is 19.3 Å². The molecule has 0 aliphatic heterocycles. The van der Waals surface area contributed by atoms with Gasteiger partial charge in [-0.2, -0.15) is 0 Å². The number of unbranched alkanes of at least 4 members (excludes halogenated alkanes) is 39. The predicted octanol–water partition coefficient (Wildman–Crippen LogP) is 20.4. The van der Waals surface area contributed by atoms with Crippen LogP contribution in [0.4, 0.5) is 0 Å². The third kappa shape index (κ3) is 56.4. The van der Waals surface area contributed by atoms with Crippen molar-refractivity contribution in [2.75, 3.05) is 13.2 Å². The maximum Gasteiger partial charge on any atom is 0.306 e. The Morgan fingerprint density at radius 1 is 0.290 bits per heavy atom. The maximum absolute atomic E-state index is 12.8. The summed E-state index contributed by atoms with van der Waals surface area (Å²) in [7, 11) is 0. The molecule has 69 heavy (non-hydrogen) atoms. The molecule has 1 unspecified atom stereocenters. The Kier molecular flexibility index (Phi) is 56.2. The first-order chi connectivity index (χ1) is 34.0. The van der Waals surface area contributed by atoms with Crippen LogP contribution in [0.15, 0.2) is 36.5 Å². The normalized spacial score (nSPS) is 12.2. The van der Waals surface area contributed by atoms with E-state index in [-0.39, 0.29) is 31.1 Å². The zero-order valence-electron chi connectivity index (χ0n) is 46.3.